The van der Waals surface area contributed by atoms with Gasteiger partial charge >= 0.3 is 0 Å². The Bertz CT molecular complexity index is 959. The lowest BCUT2D eigenvalue weighted by molar-refractivity contribution is -0.300. The highest BCUT2D eigenvalue weighted by Gasteiger charge is 1.86. The number of allylic oxidation sites excluding steroid dienone is 20. The largest absolute Gasteiger partial charge is 0.545 e. The molecule has 4 heteroatoms. The minimum absolute atomic E-state index is 0.185. The summed E-state index contributed by atoms with van der Waals surface area (Å²) in [5.41, 5.74) is 4.54. The molecule has 0 aromatic heterocycles. The van der Waals surface area contributed by atoms with E-state index in [0.717, 1.165) is 22.3 Å². The molecule has 0 aliphatic heterocycles. The molecule has 0 bridgehead atoms. The van der Waals surface area contributed by atoms with Gasteiger partial charge in [0.2, 0.25) is 0 Å². The van der Waals surface area contributed by atoms with Gasteiger partial charge in [0.25, 0.3) is 0 Å². The predicted molar refractivity (Wildman–Crippen MR) is 138 cm³/mol. The molecule has 0 aromatic carbocycles. The van der Waals surface area contributed by atoms with Crippen LogP contribution in [0.4, 0.5) is 0 Å². The molecule has 0 aromatic rings. The number of carboxylic acids is 2. The van der Waals surface area contributed by atoms with Crippen molar-refractivity contribution in [3.8, 4) is 0 Å². The van der Waals surface area contributed by atoms with Crippen LogP contribution in [-0.4, -0.2) is 11.9 Å². The molecule has 0 rings (SSSR count). The molecular weight excluding hydrogens is 424 g/mol. The van der Waals surface area contributed by atoms with E-state index in [-0.39, 0.29) is 11.1 Å². The number of aliphatic carboxylic acids is 2. The summed E-state index contributed by atoms with van der Waals surface area (Å²) in [6.45, 7) is 10.9. The van der Waals surface area contributed by atoms with Gasteiger partial charge in [0.05, 0.1) is 11.9 Å². The fraction of sp³-hybridized carbons (Fsp3) is 0.200. The lowest BCUT2D eigenvalue weighted by Crippen LogP contribution is -2.22. The van der Waals surface area contributed by atoms with Crippen molar-refractivity contribution in [1.82, 2.24) is 0 Å². The van der Waals surface area contributed by atoms with Crippen LogP contribution in [0.5, 0.6) is 0 Å². The van der Waals surface area contributed by atoms with Gasteiger partial charge in [0.1, 0.15) is 0 Å². The van der Waals surface area contributed by atoms with Crippen LogP contribution >= 0.6 is 0 Å². The molecule has 0 aliphatic rings. The maximum Gasteiger partial charge on any atom is 0.0672 e. The van der Waals surface area contributed by atoms with Crippen molar-refractivity contribution in [2.24, 2.45) is 0 Å². The number of hydrogen-bond donors (Lipinski definition) is 0. The van der Waals surface area contributed by atoms with Gasteiger partial charge in [-0.05, 0) is 52.7 Å². The lowest BCUT2D eigenvalue weighted by Gasteiger charge is -1.97. The van der Waals surface area contributed by atoms with Crippen LogP contribution in [0.1, 0.15) is 41.5 Å². The molecule has 0 heterocycles. The van der Waals surface area contributed by atoms with E-state index in [0.29, 0.717) is 0 Å². The van der Waals surface area contributed by atoms with Gasteiger partial charge in [0, 0.05) is 0 Å². The second-order valence-corrected chi connectivity index (χ2v) is 7.74. The molecule has 0 saturated carbocycles. The van der Waals surface area contributed by atoms with E-state index in [9.17, 15) is 19.8 Å². The molecule has 0 radical (unpaired) electrons. The molecule has 180 valence electrons. The molecule has 0 atom stereocenters. The smallest absolute Gasteiger partial charge is 0.0672 e. The summed E-state index contributed by atoms with van der Waals surface area (Å²) in [6.07, 6.45) is 29.8. The Labute approximate surface area is 204 Å². The molecule has 34 heavy (non-hydrogen) atoms. The Morgan fingerprint density at radius 1 is 0.412 bits per heavy atom. The molecule has 0 amide bonds. The zero-order valence-electron chi connectivity index (χ0n) is 20.9. The van der Waals surface area contributed by atoms with E-state index < -0.39 is 11.9 Å². The van der Waals surface area contributed by atoms with Gasteiger partial charge in [-0.15, -0.1) is 0 Å². The van der Waals surface area contributed by atoms with Crippen LogP contribution in [0.3, 0.4) is 0 Å². The number of carboxylic acid groups (broad SMARTS) is 2. The average Bonchev–Trinajstić information content (AvgIpc) is 2.76. The maximum absolute atomic E-state index is 10.6. The number of rotatable bonds is 12. The first kappa shape index (κ1) is 30.1. The molecule has 0 fully saturated rings. The molecule has 4 nitrogen and oxygen atoms in total. The first-order valence-corrected chi connectivity index (χ1v) is 10.9. The van der Waals surface area contributed by atoms with E-state index in [2.05, 4.69) is 0 Å². The van der Waals surface area contributed by atoms with Gasteiger partial charge in [-0.2, -0.15) is 0 Å². The summed E-state index contributed by atoms with van der Waals surface area (Å²) in [7, 11) is 0. The monoisotopic (exact) mass is 458 g/mol. The van der Waals surface area contributed by atoms with Crippen LogP contribution in [0.2, 0.25) is 0 Å². The van der Waals surface area contributed by atoms with Crippen molar-refractivity contribution in [3.05, 3.63) is 131 Å². The topological polar surface area (TPSA) is 80.3 Å². The summed E-state index contributed by atoms with van der Waals surface area (Å²) in [5.74, 6) is -2.34. The molecule has 0 spiro atoms. The molecule has 0 N–H and O–H groups in total. The van der Waals surface area contributed by atoms with Crippen LogP contribution in [-0.2, 0) is 9.59 Å². The van der Waals surface area contributed by atoms with Crippen molar-refractivity contribution in [3.63, 3.8) is 0 Å². The second kappa shape index (κ2) is 17.6. The highest BCUT2D eigenvalue weighted by Crippen LogP contribution is 2.03. The molecular formula is C30H34O4-2. The van der Waals surface area contributed by atoms with E-state index in [1.807, 2.05) is 101 Å². The zero-order valence-corrected chi connectivity index (χ0v) is 20.9. The number of carbonyl (C=O) groups is 2. The Morgan fingerprint density at radius 3 is 0.912 bits per heavy atom. The standard InChI is InChI=1S/C30H36O4/c1-23(15-9-17-25(3)19-11-21-27(5)29(31)32)13-7-8-14-24(2)16-10-18-26(4)20-12-22-28(6)30(33)34/h7-22H,1-6H3,(H,31,32)(H,33,34)/p-2/b8-7+,15-9+,16-10+,19-11+,20-12+,23-13+,24-14+,25-17+,26-18+,27-21+,28-22+. The highest BCUT2D eigenvalue weighted by atomic mass is 16.4. The quantitative estimate of drug-likeness (QED) is 0.306. The molecule has 0 unspecified atom stereocenters. The maximum atomic E-state index is 10.6. The summed E-state index contributed by atoms with van der Waals surface area (Å²) < 4.78 is 0. The van der Waals surface area contributed by atoms with Gasteiger partial charge in [-0.25, -0.2) is 0 Å². The summed E-state index contributed by atoms with van der Waals surface area (Å²) >= 11 is 0. The minimum atomic E-state index is -1.17. The number of carbonyl (C=O) groups excluding carboxylic acids is 2. The zero-order chi connectivity index (χ0) is 25.9. The van der Waals surface area contributed by atoms with Crippen molar-refractivity contribution >= 4 is 11.9 Å². The Hall–Kier alpha value is -3.92. The normalized spacial score (nSPS) is 15.7. The van der Waals surface area contributed by atoms with Crippen LogP contribution in [0.15, 0.2) is 131 Å². The lowest BCUT2D eigenvalue weighted by atomic mass is 10.2. The fourth-order valence-electron chi connectivity index (χ4n) is 2.16. The Kier molecular flexibility index (Phi) is 15.6. The third kappa shape index (κ3) is 16.7. The summed E-state index contributed by atoms with van der Waals surface area (Å²) in [6, 6.07) is 0. The summed E-state index contributed by atoms with van der Waals surface area (Å²) in [5, 5.41) is 21.2. The van der Waals surface area contributed by atoms with Gasteiger partial charge in [-0.1, -0.05) is 120 Å². The van der Waals surface area contributed by atoms with Gasteiger partial charge < -0.3 is 19.8 Å². The third-order valence-corrected chi connectivity index (χ3v) is 4.32. The van der Waals surface area contributed by atoms with Gasteiger partial charge in [-0.3, -0.25) is 0 Å². The molecule has 0 aliphatic carbocycles. The SMILES string of the molecule is CC(/C=C/C=C(C)/C=C/C=C(\C)C(=O)[O-])=C\C=C\C=C(C)\C=C\C=C(C)\C=C\C=C(/C)C(=O)[O-]. The van der Waals surface area contributed by atoms with E-state index in [4.69, 9.17) is 0 Å². The highest BCUT2D eigenvalue weighted by molar-refractivity contribution is 5.84. The van der Waals surface area contributed by atoms with Crippen LogP contribution in [0.25, 0.3) is 0 Å². The molecule has 0 saturated heterocycles. The first-order chi connectivity index (χ1) is 16.0. The Morgan fingerprint density at radius 2 is 0.647 bits per heavy atom. The second-order valence-electron chi connectivity index (χ2n) is 7.74. The average molecular weight is 459 g/mol. The van der Waals surface area contributed by atoms with E-state index >= 15 is 0 Å². The first-order valence-electron chi connectivity index (χ1n) is 10.9. The van der Waals surface area contributed by atoms with Crippen molar-refractivity contribution in [2.75, 3.05) is 0 Å². The Balaban J connectivity index is 4.78. The van der Waals surface area contributed by atoms with Crippen LogP contribution in [0, 0.1) is 0 Å². The number of hydrogen-bond acceptors (Lipinski definition) is 4. The predicted octanol–water partition coefficient (Wildman–Crippen LogP) is 4.95. The van der Waals surface area contributed by atoms with Crippen LogP contribution < -0.4 is 10.2 Å². The fourth-order valence-corrected chi connectivity index (χ4v) is 2.16. The van der Waals surface area contributed by atoms with E-state index in [1.165, 1.54) is 26.0 Å². The van der Waals surface area contributed by atoms with E-state index in [1.54, 1.807) is 12.2 Å². The minimum Gasteiger partial charge on any atom is -0.545 e. The van der Waals surface area contributed by atoms with Crippen molar-refractivity contribution in [1.29, 1.82) is 0 Å². The third-order valence-electron chi connectivity index (χ3n) is 4.32. The van der Waals surface area contributed by atoms with Crippen molar-refractivity contribution < 1.29 is 19.8 Å². The van der Waals surface area contributed by atoms with Gasteiger partial charge in [0.15, 0.2) is 0 Å². The summed E-state index contributed by atoms with van der Waals surface area (Å²) in [4.78, 5) is 21.2. The van der Waals surface area contributed by atoms with Crippen molar-refractivity contribution in [2.45, 2.75) is 41.5 Å².